The molecule has 1 fully saturated rings. The van der Waals surface area contributed by atoms with Gasteiger partial charge in [-0.15, -0.1) is 0 Å². The summed E-state index contributed by atoms with van der Waals surface area (Å²) in [6.07, 6.45) is 0.735. The fraction of sp³-hybridized carbons (Fsp3) is 0.625. The normalized spacial score (nSPS) is 18.2. The van der Waals surface area contributed by atoms with Gasteiger partial charge in [0.05, 0.1) is 5.92 Å². The minimum absolute atomic E-state index is 0.0632. The Balaban J connectivity index is 0.00000170. The zero-order chi connectivity index (χ0) is 29.3. The van der Waals surface area contributed by atoms with Gasteiger partial charge in [-0.1, -0.05) is 45.2 Å². The molecule has 0 saturated heterocycles. The maximum absolute atomic E-state index is 13.2. The smallest absolute Gasteiger partial charge is 0.391 e. The average molecular weight is 601 g/mol. The lowest BCUT2D eigenvalue weighted by molar-refractivity contribution is -0.169. The van der Waals surface area contributed by atoms with E-state index in [9.17, 15) is 26.7 Å². The van der Waals surface area contributed by atoms with Crippen LogP contribution in [0, 0.1) is 17.8 Å². The van der Waals surface area contributed by atoms with Gasteiger partial charge in [-0.3, -0.25) is 9.36 Å². The van der Waals surface area contributed by atoms with E-state index in [0.717, 1.165) is 44.9 Å². The Kier molecular flexibility index (Phi) is 12.3. The van der Waals surface area contributed by atoms with Gasteiger partial charge in [0.15, 0.2) is 17.3 Å². The van der Waals surface area contributed by atoms with Crippen molar-refractivity contribution in [2.75, 3.05) is 6.54 Å². The van der Waals surface area contributed by atoms with Gasteiger partial charge in [0.2, 0.25) is 0 Å². The van der Waals surface area contributed by atoms with Crippen LogP contribution in [0.3, 0.4) is 0 Å². The van der Waals surface area contributed by atoms with Crippen LogP contribution in [0.5, 0.6) is 5.75 Å². The van der Waals surface area contributed by atoms with Crippen molar-refractivity contribution in [1.82, 2.24) is 19.9 Å². The number of amides is 1. The third-order valence-electron chi connectivity index (χ3n) is 6.53. The predicted octanol–water partition coefficient (Wildman–Crippen LogP) is 5.71. The lowest BCUT2D eigenvalue weighted by atomic mass is 9.83. The van der Waals surface area contributed by atoms with E-state index in [-0.39, 0.29) is 34.5 Å². The lowest BCUT2D eigenvalue weighted by Crippen LogP contribution is -2.31. The molecule has 2 heterocycles. The van der Waals surface area contributed by atoms with Gasteiger partial charge in [0, 0.05) is 19.2 Å². The molecule has 15 heteroatoms. The molecule has 218 valence electrons. The Hall–Kier alpha value is -2.61. The molecule has 2 aromatic heterocycles. The predicted molar refractivity (Wildman–Crippen MR) is 134 cm³/mol. The van der Waals surface area contributed by atoms with Gasteiger partial charge in [0.25, 0.3) is 5.91 Å². The molecular formula is C24H30ClF5N4O4S. The molecule has 1 atom stereocenters. The fourth-order valence-electron chi connectivity index (χ4n) is 4.30. The molecule has 0 unspecified atom stereocenters. The van der Waals surface area contributed by atoms with Gasteiger partial charge in [-0.2, -0.15) is 30.4 Å². The van der Waals surface area contributed by atoms with Gasteiger partial charge < -0.3 is 10.1 Å². The third-order valence-corrected chi connectivity index (χ3v) is 6.87. The number of ether oxygens (including phenoxy) is 1. The molecule has 1 amide bonds. The van der Waals surface area contributed by atoms with Crippen LogP contribution in [0.15, 0.2) is 12.3 Å². The number of carbonyl (C=O) groups excluding carboxylic acids is 1. The minimum Gasteiger partial charge on any atom is -0.431 e. The van der Waals surface area contributed by atoms with Crippen molar-refractivity contribution in [2.24, 2.45) is 17.8 Å². The highest BCUT2D eigenvalue weighted by atomic mass is 35.5. The van der Waals surface area contributed by atoms with Crippen LogP contribution in [0.1, 0.15) is 68.3 Å². The highest BCUT2D eigenvalue weighted by molar-refractivity contribution is 7.51. The van der Waals surface area contributed by atoms with E-state index in [4.69, 9.17) is 20.0 Å². The van der Waals surface area contributed by atoms with Crippen molar-refractivity contribution in [3.63, 3.8) is 0 Å². The van der Waals surface area contributed by atoms with E-state index >= 15 is 0 Å². The van der Waals surface area contributed by atoms with Gasteiger partial charge in [-0.05, 0) is 42.7 Å². The number of pyridine rings is 1. The van der Waals surface area contributed by atoms with E-state index in [2.05, 4.69) is 26.9 Å². The van der Waals surface area contributed by atoms with Gasteiger partial charge in [0.1, 0.15) is 11.0 Å². The first-order valence-electron chi connectivity index (χ1n) is 12.3. The number of hydrogen-bond acceptors (Lipinski definition) is 6. The molecule has 3 rings (SSSR count). The summed E-state index contributed by atoms with van der Waals surface area (Å²) in [6, 6.07) is 1.08. The molecule has 1 aliphatic carbocycles. The summed E-state index contributed by atoms with van der Waals surface area (Å²) in [5.74, 6) is -1.57. The summed E-state index contributed by atoms with van der Waals surface area (Å²) in [6.45, 7) is 2.14. The van der Waals surface area contributed by atoms with Gasteiger partial charge in [-0.25, -0.2) is 9.97 Å². The number of rotatable bonds is 9. The van der Waals surface area contributed by atoms with E-state index in [0.29, 0.717) is 18.4 Å². The molecule has 1 aliphatic rings. The van der Waals surface area contributed by atoms with Crippen molar-refractivity contribution in [2.45, 2.75) is 72.1 Å². The maximum Gasteiger partial charge on any atom is 0.391 e. The fourth-order valence-corrected chi connectivity index (χ4v) is 4.61. The van der Waals surface area contributed by atoms with Crippen LogP contribution < -0.4 is 10.1 Å². The maximum atomic E-state index is 13.2. The van der Waals surface area contributed by atoms with E-state index < -0.39 is 48.4 Å². The number of aryl methyl sites for hydroxylation is 1. The Morgan fingerprint density at radius 2 is 1.87 bits per heavy atom. The van der Waals surface area contributed by atoms with Crippen molar-refractivity contribution in [3.8, 4) is 11.6 Å². The van der Waals surface area contributed by atoms with Crippen LogP contribution in [-0.4, -0.2) is 48.2 Å². The van der Waals surface area contributed by atoms with Crippen LogP contribution >= 0.6 is 11.6 Å². The second-order valence-electron chi connectivity index (χ2n) is 9.45. The molecule has 0 aromatic carbocycles. The number of nitrogens with zero attached hydrogens (tertiary/aromatic N) is 3. The highest BCUT2D eigenvalue weighted by Crippen LogP contribution is 2.33. The second kappa shape index (κ2) is 14.7. The number of hydrogen-bond donors (Lipinski definition) is 1. The Bertz CT molecular complexity index is 1150. The summed E-state index contributed by atoms with van der Waals surface area (Å²) in [5, 5.41) is 2.71. The molecule has 0 aliphatic heterocycles. The molecule has 8 nitrogen and oxygen atoms in total. The molecule has 0 radical (unpaired) electrons. The van der Waals surface area contributed by atoms with Crippen molar-refractivity contribution >= 4 is 29.1 Å². The number of alkyl halides is 5. The van der Waals surface area contributed by atoms with Crippen LogP contribution in [-0.2, 0) is 24.4 Å². The average Bonchev–Trinajstić information content (AvgIpc) is 3.19. The summed E-state index contributed by atoms with van der Waals surface area (Å²) in [7, 11) is 0. The molecule has 1 saturated carbocycles. The molecular weight excluding hydrogens is 571 g/mol. The second-order valence-corrected chi connectivity index (χ2v) is 9.95. The first-order valence-corrected chi connectivity index (χ1v) is 13.3. The number of aromatic nitrogens is 3. The van der Waals surface area contributed by atoms with Crippen LogP contribution in [0.2, 0.25) is 5.15 Å². The highest BCUT2D eigenvalue weighted by Gasteiger charge is 2.36. The zero-order valence-electron chi connectivity index (χ0n) is 21.6. The van der Waals surface area contributed by atoms with Crippen LogP contribution in [0.25, 0.3) is 5.82 Å². The minimum atomic E-state index is -4.45. The van der Waals surface area contributed by atoms with Gasteiger partial charge >= 0.3 is 24.4 Å². The Labute approximate surface area is 231 Å². The monoisotopic (exact) mass is 600 g/mol. The topological polar surface area (TPSA) is 103 Å². The molecule has 1 N–H and O–H groups in total. The van der Waals surface area contributed by atoms with E-state index in [1.807, 2.05) is 0 Å². The molecule has 0 spiro atoms. The lowest BCUT2D eigenvalue weighted by Gasteiger charge is -2.26. The first-order chi connectivity index (χ1) is 18.3. The largest absolute Gasteiger partial charge is 0.431 e. The number of nitrogens with one attached hydrogen (secondary N) is 1. The third kappa shape index (κ3) is 9.23. The summed E-state index contributed by atoms with van der Waals surface area (Å²) in [5.41, 5.74) is -0.0226. The standard InChI is InChI=1S/C24H30ClF5N4O2.O2S/c1-4-18-33-19(22(35)32-11-15-7-5-13(2)6-8-15)20(25)34(18)21-17(36-23(26)27)10-16(12-31-21)9-14(3)24(28,29)30;1-3-2/h10,12-15,23H,4-9,11H2,1-3H3,(H,32,35);/t13?,14-,15?;/m1./s1. The van der Waals surface area contributed by atoms with E-state index in [1.165, 1.54) is 4.57 Å². The van der Waals surface area contributed by atoms with Crippen molar-refractivity contribution < 1.29 is 39.9 Å². The Morgan fingerprint density at radius 3 is 2.41 bits per heavy atom. The molecule has 2 aromatic rings. The first kappa shape index (κ1) is 32.6. The SMILES string of the molecule is CCc1nc(C(=O)NCC2CCC(C)CC2)c(Cl)n1-c1ncc(C[C@@H](C)C(F)(F)F)cc1OC(F)F.O=S=O. The summed E-state index contributed by atoms with van der Waals surface area (Å²) < 4.78 is 87.6. The number of imidazole rings is 1. The number of halogens is 6. The zero-order valence-corrected chi connectivity index (χ0v) is 23.1. The quantitative estimate of drug-likeness (QED) is 0.370. The molecule has 0 bridgehead atoms. The van der Waals surface area contributed by atoms with Crippen molar-refractivity contribution in [3.05, 3.63) is 34.5 Å². The molecule has 39 heavy (non-hydrogen) atoms. The Morgan fingerprint density at radius 1 is 1.26 bits per heavy atom. The van der Waals surface area contributed by atoms with E-state index in [1.54, 1.807) is 6.92 Å². The van der Waals surface area contributed by atoms with Crippen molar-refractivity contribution in [1.29, 1.82) is 0 Å². The summed E-state index contributed by atoms with van der Waals surface area (Å²) in [4.78, 5) is 21.2. The van der Waals surface area contributed by atoms with Crippen LogP contribution in [0.4, 0.5) is 22.0 Å². The summed E-state index contributed by atoms with van der Waals surface area (Å²) >= 11 is 5.73. The number of carbonyl (C=O) groups is 1.